The van der Waals surface area contributed by atoms with Crippen molar-refractivity contribution in [1.82, 2.24) is 23.2 Å². The third-order valence-electron chi connectivity index (χ3n) is 7.79. The Hall–Kier alpha value is -5.71. The van der Waals surface area contributed by atoms with Gasteiger partial charge in [-0.15, -0.1) is 0 Å². The second-order valence-electron chi connectivity index (χ2n) is 10.7. The van der Waals surface area contributed by atoms with Crippen LogP contribution in [0.15, 0.2) is 102 Å². The van der Waals surface area contributed by atoms with Crippen molar-refractivity contribution in [3.05, 3.63) is 120 Å². The van der Waals surface area contributed by atoms with Crippen LogP contribution in [-0.2, 0) is 42.6 Å². The van der Waals surface area contributed by atoms with E-state index in [-0.39, 0.29) is 50.6 Å². The summed E-state index contributed by atoms with van der Waals surface area (Å²) in [6, 6.07) is 13.2. The number of nitrogens with zero attached hydrogens (tertiary/aromatic N) is 4. The quantitative estimate of drug-likeness (QED) is 0.153. The van der Waals surface area contributed by atoms with Crippen LogP contribution < -0.4 is 5.32 Å². The van der Waals surface area contributed by atoms with Gasteiger partial charge in [-0.25, -0.2) is 34.4 Å². The van der Waals surface area contributed by atoms with Crippen LogP contribution in [0.5, 0.6) is 0 Å². The second-order valence-corrected chi connectivity index (χ2v) is 14.4. The summed E-state index contributed by atoms with van der Waals surface area (Å²) in [5, 5.41) is 4.09. The summed E-state index contributed by atoms with van der Waals surface area (Å²) in [5.41, 5.74) is 1.82. The Bertz CT molecular complexity index is 2490. The molecule has 250 valence electrons. The van der Waals surface area contributed by atoms with Crippen LogP contribution in [0.4, 0.5) is 0 Å². The van der Waals surface area contributed by atoms with E-state index in [4.69, 9.17) is 9.47 Å². The van der Waals surface area contributed by atoms with Gasteiger partial charge in [-0.3, -0.25) is 14.8 Å². The molecule has 16 heteroatoms. The molecular formula is C33H27N5O9S2. The van der Waals surface area contributed by atoms with Crippen LogP contribution in [0.1, 0.15) is 42.2 Å². The van der Waals surface area contributed by atoms with Gasteiger partial charge in [-0.1, -0.05) is 12.1 Å². The Kier molecular flexibility index (Phi) is 8.85. The molecule has 0 fully saturated rings. The zero-order chi connectivity index (χ0) is 34.9. The number of hydrogen-bond donors (Lipinski definition) is 1. The van der Waals surface area contributed by atoms with Crippen molar-refractivity contribution in [3.63, 3.8) is 0 Å². The normalized spacial score (nSPS) is 11.9. The van der Waals surface area contributed by atoms with Gasteiger partial charge in [-0.2, -0.15) is 0 Å². The minimum Gasteiger partial charge on any atom is -0.465 e. The molecular weight excluding hydrogens is 675 g/mol. The van der Waals surface area contributed by atoms with Crippen LogP contribution in [0.3, 0.4) is 0 Å². The molecule has 0 radical (unpaired) electrons. The van der Waals surface area contributed by atoms with Crippen molar-refractivity contribution in [2.45, 2.75) is 22.9 Å². The van der Waals surface area contributed by atoms with Crippen LogP contribution in [0, 0.1) is 0 Å². The predicted molar refractivity (Wildman–Crippen MR) is 176 cm³/mol. The number of ether oxygens (including phenoxy) is 2. The van der Waals surface area contributed by atoms with E-state index in [1.165, 1.54) is 99.9 Å². The SMILES string of the molecule is COC(=O)c1ccc2c(C=O)cn(S(=O)(=O)c3cncc(CNCc4cn(S(=O)(=O)c5cccnc5)c5cc(C(=O)OC)ccc45)c3)c2c1. The highest BCUT2D eigenvalue weighted by molar-refractivity contribution is 7.90. The lowest BCUT2D eigenvalue weighted by molar-refractivity contribution is 0.0592. The van der Waals surface area contributed by atoms with Crippen molar-refractivity contribution in [2.75, 3.05) is 14.2 Å². The van der Waals surface area contributed by atoms with Crippen molar-refractivity contribution < 1.29 is 40.7 Å². The van der Waals surface area contributed by atoms with Crippen LogP contribution in [0.25, 0.3) is 21.8 Å². The largest absolute Gasteiger partial charge is 0.465 e. The molecule has 6 rings (SSSR count). The molecule has 14 nitrogen and oxygen atoms in total. The highest BCUT2D eigenvalue weighted by atomic mass is 32.2. The van der Waals surface area contributed by atoms with E-state index >= 15 is 0 Å². The number of benzene rings is 2. The zero-order valence-corrected chi connectivity index (χ0v) is 27.6. The lowest BCUT2D eigenvalue weighted by Gasteiger charge is -2.10. The Balaban J connectivity index is 1.30. The van der Waals surface area contributed by atoms with Crippen LogP contribution in [-0.4, -0.2) is 67.2 Å². The van der Waals surface area contributed by atoms with Crippen molar-refractivity contribution in [3.8, 4) is 0 Å². The average molecular weight is 702 g/mol. The second kappa shape index (κ2) is 13.1. The summed E-state index contributed by atoms with van der Waals surface area (Å²) >= 11 is 0. The summed E-state index contributed by atoms with van der Waals surface area (Å²) < 4.78 is 66.4. The molecule has 1 N–H and O–H groups in total. The maximum absolute atomic E-state index is 13.8. The van der Waals surface area contributed by atoms with E-state index in [1.807, 2.05) is 0 Å². The standard InChI is InChI=1S/C33H27N5O9S2/c1-46-32(40)22-5-7-28-24(18-37(30(28)11-22)48(42,43)26-4-3-9-34-16-26)15-35-13-21-10-27(17-36-14-21)49(44,45)38-19-25(20-39)29-8-6-23(12-31(29)38)33(41)47-2/h3-12,14,16-20,35H,13,15H2,1-2H3. The first-order valence-electron chi connectivity index (χ1n) is 14.5. The molecule has 0 spiro atoms. The summed E-state index contributed by atoms with van der Waals surface area (Å²) in [5.74, 6) is -1.30. The van der Waals surface area contributed by atoms with Crippen LogP contribution >= 0.6 is 0 Å². The molecule has 0 aliphatic carbocycles. The maximum atomic E-state index is 13.8. The number of fused-ring (bicyclic) bond motifs is 2. The number of rotatable bonds is 11. The number of methoxy groups -OCH3 is 2. The molecule has 4 aromatic heterocycles. The highest BCUT2D eigenvalue weighted by Gasteiger charge is 2.25. The molecule has 6 aromatic rings. The van der Waals surface area contributed by atoms with Crippen LogP contribution in [0.2, 0.25) is 0 Å². The summed E-state index contributed by atoms with van der Waals surface area (Å²) in [4.78, 5) is 44.0. The molecule has 49 heavy (non-hydrogen) atoms. The van der Waals surface area contributed by atoms with E-state index in [9.17, 15) is 31.2 Å². The van der Waals surface area contributed by atoms with Crippen molar-refractivity contribution in [1.29, 1.82) is 0 Å². The third-order valence-corrected chi connectivity index (χ3v) is 11.1. The zero-order valence-electron chi connectivity index (χ0n) is 25.9. The Morgan fingerprint density at radius 1 is 0.755 bits per heavy atom. The van der Waals surface area contributed by atoms with Gasteiger partial charge in [0.2, 0.25) is 0 Å². The number of pyridine rings is 2. The fourth-order valence-electron chi connectivity index (χ4n) is 5.38. The van der Waals surface area contributed by atoms with Gasteiger partial charge in [0, 0.05) is 66.6 Å². The Labute approximate surface area is 280 Å². The molecule has 0 aliphatic rings. The molecule has 0 unspecified atom stereocenters. The Morgan fingerprint density at radius 3 is 2.00 bits per heavy atom. The maximum Gasteiger partial charge on any atom is 0.337 e. The lowest BCUT2D eigenvalue weighted by Crippen LogP contribution is -2.16. The van der Waals surface area contributed by atoms with E-state index in [2.05, 4.69) is 15.3 Å². The van der Waals surface area contributed by atoms with Gasteiger partial charge in [0.05, 0.1) is 36.4 Å². The van der Waals surface area contributed by atoms with Gasteiger partial charge >= 0.3 is 11.9 Å². The first-order chi connectivity index (χ1) is 23.5. The summed E-state index contributed by atoms with van der Waals surface area (Å²) in [7, 11) is -5.95. The number of aldehydes is 1. The predicted octanol–water partition coefficient (Wildman–Crippen LogP) is 3.54. The monoisotopic (exact) mass is 701 g/mol. The molecule has 0 atom stereocenters. The third kappa shape index (κ3) is 6.08. The number of hydrogen-bond acceptors (Lipinski definition) is 12. The summed E-state index contributed by atoms with van der Waals surface area (Å²) in [6.45, 7) is 0.291. The lowest BCUT2D eigenvalue weighted by atomic mass is 10.1. The van der Waals surface area contributed by atoms with E-state index in [0.29, 0.717) is 28.2 Å². The number of esters is 2. The van der Waals surface area contributed by atoms with Gasteiger partial charge in [0.25, 0.3) is 20.0 Å². The molecule has 0 aliphatic heterocycles. The van der Waals surface area contributed by atoms with Gasteiger partial charge in [0.1, 0.15) is 9.79 Å². The number of carbonyl (C=O) groups is 3. The molecule has 2 aromatic carbocycles. The average Bonchev–Trinajstić information content (AvgIpc) is 3.70. The topological polar surface area (TPSA) is 186 Å². The minimum absolute atomic E-state index is 0.0452. The number of nitrogens with one attached hydrogen (secondary N) is 1. The molecule has 0 bridgehead atoms. The van der Waals surface area contributed by atoms with E-state index in [0.717, 1.165) is 7.94 Å². The highest BCUT2D eigenvalue weighted by Crippen LogP contribution is 2.29. The van der Waals surface area contributed by atoms with Crippen molar-refractivity contribution >= 4 is 60.1 Å². The summed E-state index contributed by atoms with van der Waals surface area (Å²) in [6.07, 6.45) is 8.49. The van der Waals surface area contributed by atoms with E-state index in [1.54, 1.807) is 6.07 Å². The van der Waals surface area contributed by atoms with E-state index < -0.39 is 32.0 Å². The first-order valence-corrected chi connectivity index (χ1v) is 17.3. The smallest absolute Gasteiger partial charge is 0.337 e. The molecule has 0 amide bonds. The van der Waals surface area contributed by atoms with Crippen molar-refractivity contribution in [2.24, 2.45) is 0 Å². The molecule has 0 saturated heterocycles. The van der Waals surface area contributed by atoms with Gasteiger partial charge in [0.15, 0.2) is 6.29 Å². The Morgan fingerprint density at radius 2 is 1.37 bits per heavy atom. The molecule has 0 saturated carbocycles. The number of carbonyl (C=O) groups excluding carboxylic acids is 3. The fraction of sp³-hybridized carbons (Fsp3) is 0.121. The number of aromatic nitrogens is 4. The van der Waals surface area contributed by atoms with Gasteiger partial charge < -0.3 is 14.8 Å². The first kappa shape index (κ1) is 33.2. The fourth-order valence-corrected chi connectivity index (χ4v) is 8.11. The van der Waals surface area contributed by atoms with Gasteiger partial charge in [-0.05, 0) is 53.6 Å². The minimum atomic E-state index is -4.28. The molecule has 4 heterocycles.